The van der Waals surface area contributed by atoms with Crippen molar-refractivity contribution < 1.29 is 4.79 Å². The molecule has 0 aliphatic heterocycles. The third-order valence-electron chi connectivity index (χ3n) is 2.90. The Labute approximate surface area is 114 Å². The summed E-state index contributed by atoms with van der Waals surface area (Å²) in [5.74, 6) is -0.374. The number of pyridine rings is 2. The number of rotatable bonds is 2. The molecule has 2 N–H and O–H groups in total. The van der Waals surface area contributed by atoms with Crippen LogP contribution in [0.1, 0.15) is 10.5 Å². The predicted molar refractivity (Wildman–Crippen MR) is 76.8 cm³/mol. The lowest BCUT2D eigenvalue weighted by molar-refractivity contribution is 0.102. The Bertz CT molecular complexity index is 834. The van der Waals surface area contributed by atoms with Crippen molar-refractivity contribution in [1.29, 1.82) is 0 Å². The molecule has 0 fully saturated rings. The number of H-pyrrole nitrogens is 1. The van der Waals surface area contributed by atoms with Crippen LogP contribution >= 0.6 is 0 Å². The molecule has 0 unspecified atom stereocenters. The number of fused-ring (bicyclic) bond motifs is 1. The van der Waals surface area contributed by atoms with Crippen LogP contribution in [-0.2, 0) is 0 Å². The van der Waals surface area contributed by atoms with Crippen molar-refractivity contribution >= 4 is 22.5 Å². The van der Waals surface area contributed by atoms with Crippen molar-refractivity contribution in [3.8, 4) is 0 Å². The van der Waals surface area contributed by atoms with Crippen LogP contribution in [0.2, 0.25) is 0 Å². The predicted octanol–water partition coefficient (Wildman–Crippen LogP) is 2.18. The van der Waals surface area contributed by atoms with Crippen LogP contribution < -0.4 is 10.7 Å². The fraction of sp³-hybridized carbons (Fsp3) is 0. The minimum atomic E-state index is -0.374. The quantitative estimate of drug-likeness (QED) is 0.745. The first kappa shape index (κ1) is 12.1. The molecule has 1 amide bonds. The van der Waals surface area contributed by atoms with E-state index in [9.17, 15) is 9.59 Å². The number of nitrogens with zero attached hydrogens (tertiary/aromatic N) is 1. The molecule has 0 aliphatic rings. The second-order valence-corrected chi connectivity index (χ2v) is 4.27. The smallest absolute Gasteiger partial charge is 0.272 e. The van der Waals surface area contributed by atoms with Crippen LogP contribution in [0, 0.1) is 0 Å². The molecule has 2 aromatic heterocycles. The van der Waals surface area contributed by atoms with Gasteiger partial charge in [0.05, 0.1) is 11.2 Å². The lowest BCUT2D eigenvalue weighted by atomic mass is 10.2. The fourth-order valence-corrected chi connectivity index (χ4v) is 1.97. The molecule has 20 heavy (non-hydrogen) atoms. The summed E-state index contributed by atoms with van der Waals surface area (Å²) in [6.07, 6.45) is 3.11. The number of anilines is 1. The monoisotopic (exact) mass is 265 g/mol. The van der Waals surface area contributed by atoms with E-state index in [2.05, 4.69) is 15.3 Å². The van der Waals surface area contributed by atoms with Crippen LogP contribution in [0.3, 0.4) is 0 Å². The maximum atomic E-state index is 12.1. The van der Waals surface area contributed by atoms with Crippen molar-refractivity contribution in [3.63, 3.8) is 0 Å². The minimum absolute atomic E-state index is 0.213. The third kappa shape index (κ3) is 2.29. The second-order valence-electron chi connectivity index (χ2n) is 4.27. The summed E-state index contributed by atoms with van der Waals surface area (Å²) in [6.45, 7) is 0. The molecule has 0 atom stereocenters. The average Bonchev–Trinajstić information content (AvgIpc) is 2.47. The number of hydrogen-bond donors (Lipinski definition) is 2. The molecule has 5 nitrogen and oxygen atoms in total. The normalized spacial score (nSPS) is 10.4. The highest BCUT2D eigenvalue weighted by atomic mass is 16.2. The van der Waals surface area contributed by atoms with Gasteiger partial charge < -0.3 is 10.3 Å². The lowest BCUT2D eigenvalue weighted by Gasteiger charge is -2.07. The van der Waals surface area contributed by atoms with Gasteiger partial charge in [-0.25, -0.2) is 0 Å². The zero-order valence-electron chi connectivity index (χ0n) is 10.5. The van der Waals surface area contributed by atoms with E-state index in [1.165, 1.54) is 18.3 Å². The van der Waals surface area contributed by atoms with Gasteiger partial charge in [-0.15, -0.1) is 0 Å². The first-order valence-corrected chi connectivity index (χ1v) is 6.08. The summed E-state index contributed by atoms with van der Waals surface area (Å²) >= 11 is 0. The Morgan fingerprint density at radius 3 is 2.85 bits per heavy atom. The van der Waals surface area contributed by atoms with Gasteiger partial charge in [0.15, 0.2) is 5.43 Å². The van der Waals surface area contributed by atoms with Crippen LogP contribution in [0.5, 0.6) is 0 Å². The summed E-state index contributed by atoms with van der Waals surface area (Å²) in [5, 5.41) is 3.69. The van der Waals surface area contributed by atoms with Crippen LogP contribution in [0.15, 0.2) is 59.7 Å². The number of aromatic nitrogens is 2. The van der Waals surface area contributed by atoms with Gasteiger partial charge >= 0.3 is 0 Å². The Balaban J connectivity index is 1.97. The maximum absolute atomic E-state index is 12.1. The third-order valence-corrected chi connectivity index (χ3v) is 2.90. The summed E-state index contributed by atoms with van der Waals surface area (Å²) < 4.78 is 0. The Hall–Kier alpha value is -2.95. The van der Waals surface area contributed by atoms with E-state index in [0.29, 0.717) is 11.2 Å². The molecule has 0 aliphatic carbocycles. The highest BCUT2D eigenvalue weighted by molar-refractivity contribution is 6.07. The molecule has 98 valence electrons. The van der Waals surface area contributed by atoms with E-state index in [1.807, 2.05) is 24.3 Å². The number of nitrogens with one attached hydrogen (secondary N) is 2. The largest absolute Gasteiger partial charge is 0.357 e. The number of benzene rings is 1. The fourth-order valence-electron chi connectivity index (χ4n) is 1.97. The first-order chi connectivity index (χ1) is 9.74. The van der Waals surface area contributed by atoms with Crippen molar-refractivity contribution in [2.24, 2.45) is 0 Å². The van der Waals surface area contributed by atoms with Gasteiger partial charge in [0, 0.05) is 29.9 Å². The molecule has 0 saturated carbocycles. The van der Waals surface area contributed by atoms with Gasteiger partial charge in [-0.3, -0.25) is 14.6 Å². The number of para-hydroxylation sites is 1. The zero-order valence-corrected chi connectivity index (χ0v) is 10.5. The van der Waals surface area contributed by atoms with E-state index in [0.717, 1.165) is 5.39 Å². The SMILES string of the molecule is O=C(Nc1cccc2cccnc12)c1cc(=O)cc[nH]1. The first-order valence-electron chi connectivity index (χ1n) is 6.08. The van der Waals surface area contributed by atoms with Gasteiger partial charge in [-0.1, -0.05) is 18.2 Å². The summed E-state index contributed by atoms with van der Waals surface area (Å²) in [5.41, 5.74) is 1.31. The van der Waals surface area contributed by atoms with Crippen molar-refractivity contribution in [3.05, 3.63) is 70.8 Å². The molecule has 0 saturated heterocycles. The van der Waals surface area contributed by atoms with E-state index in [4.69, 9.17) is 0 Å². The van der Waals surface area contributed by atoms with Gasteiger partial charge in [0.25, 0.3) is 5.91 Å². The molecule has 0 spiro atoms. The van der Waals surface area contributed by atoms with E-state index >= 15 is 0 Å². The average molecular weight is 265 g/mol. The van der Waals surface area contributed by atoms with Crippen LogP contribution in [-0.4, -0.2) is 15.9 Å². The Morgan fingerprint density at radius 2 is 2.00 bits per heavy atom. The van der Waals surface area contributed by atoms with Gasteiger partial charge in [-0.2, -0.15) is 0 Å². The zero-order chi connectivity index (χ0) is 13.9. The molecule has 0 radical (unpaired) electrons. The molecule has 2 heterocycles. The molecule has 3 rings (SSSR count). The van der Waals surface area contributed by atoms with Gasteiger partial charge in [-0.05, 0) is 12.1 Å². The topological polar surface area (TPSA) is 74.8 Å². The molecule has 1 aromatic carbocycles. The number of carbonyl (C=O) groups is 1. The number of amides is 1. The molecular formula is C15H11N3O2. The summed E-state index contributed by atoms with van der Waals surface area (Å²) in [6, 6.07) is 11.9. The van der Waals surface area contributed by atoms with Gasteiger partial charge in [0.2, 0.25) is 0 Å². The van der Waals surface area contributed by atoms with Crippen molar-refractivity contribution in [2.75, 3.05) is 5.32 Å². The van der Waals surface area contributed by atoms with E-state index in [1.54, 1.807) is 12.3 Å². The summed E-state index contributed by atoms with van der Waals surface area (Å²) in [7, 11) is 0. The minimum Gasteiger partial charge on any atom is -0.357 e. The van der Waals surface area contributed by atoms with Crippen molar-refractivity contribution in [2.45, 2.75) is 0 Å². The molecular weight excluding hydrogens is 254 g/mol. The molecule has 3 aromatic rings. The number of aromatic amines is 1. The number of hydrogen-bond acceptors (Lipinski definition) is 3. The lowest BCUT2D eigenvalue weighted by Crippen LogP contribution is -2.16. The molecule has 0 bridgehead atoms. The van der Waals surface area contributed by atoms with Gasteiger partial charge in [0.1, 0.15) is 5.69 Å². The second kappa shape index (κ2) is 4.97. The maximum Gasteiger partial charge on any atom is 0.272 e. The van der Waals surface area contributed by atoms with E-state index in [-0.39, 0.29) is 17.0 Å². The van der Waals surface area contributed by atoms with Crippen molar-refractivity contribution in [1.82, 2.24) is 9.97 Å². The standard InChI is InChI=1S/C15H11N3O2/c19-11-6-8-16-13(9-11)15(20)18-12-5-1-3-10-4-2-7-17-14(10)12/h1-9H,(H,16,19)(H,18,20). The number of carbonyl (C=O) groups excluding carboxylic acids is 1. The Kier molecular flexibility index (Phi) is 3.01. The van der Waals surface area contributed by atoms with Crippen LogP contribution in [0.25, 0.3) is 10.9 Å². The van der Waals surface area contributed by atoms with Crippen LogP contribution in [0.4, 0.5) is 5.69 Å². The van der Waals surface area contributed by atoms with E-state index < -0.39 is 0 Å². The highest BCUT2D eigenvalue weighted by Gasteiger charge is 2.09. The molecule has 5 heteroatoms. The summed E-state index contributed by atoms with van der Waals surface area (Å²) in [4.78, 5) is 30.4. The Morgan fingerprint density at radius 1 is 1.15 bits per heavy atom. The highest BCUT2D eigenvalue weighted by Crippen LogP contribution is 2.20.